The highest BCUT2D eigenvalue weighted by molar-refractivity contribution is 5.88. The lowest BCUT2D eigenvalue weighted by Gasteiger charge is -2.04. The van der Waals surface area contributed by atoms with E-state index in [1.165, 1.54) is 6.92 Å². The molecule has 0 spiro atoms. The molecule has 0 amide bonds. The van der Waals surface area contributed by atoms with E-state index < -0.39 is 5.97 Å². The Morgan fingerprint density at radius 1 is 1.32 bits per heavy atom. The van der Waals surface area contributed by atoms with E-state index in [-0.39, 0.29) is 18.1 Å². The van der Waals surface area contributed by atoms with Crippen LogP contribution in [0.15, 0.2) is 39.9 Å². The van der Waals surface area contributed by atoms with Crippen LogP contribution in [0, 0.1) is 13.8 Å². The topological polar surface area (TPSA) is 71.2 Å². The molecule has 1 N–H and O–H groups in total. The van der Waals surface area contributed by atoms with Gasteiger partial charge in [-0.25, -0.2) is 4.79 Å². The van der Waals surface area contributed by atoms with E-state index in [0.29, 0.717) is 5.69 Å². The maximum absolute atomic E-state index is 11.6. The maximum atomic E-state index is 11.6. The van der Waals surface area contributed by atoms with E-state index in [2.05, 4.69) is 10.2 Å². The molecule has 0 saturated heterocycles. The summed E-state index contributed by atoms with van der Waals surface area (Å²) in [6.07, 6.45) is 0. The lowest BCUT2D eigenvalue weighted by atomic mass is 10.1. The Labute approximate surface area is 112 Å². The van der Waals surface area contributed by atoms with Gasteiger partial charge in [-0.1, -0.05) is 18.2 Å². The van der Waals surface area contributed by atoms with Crippen LogP contribution in [0.5, 0.6) is 0 Å². The molecule has 0 aliphatic rings. The molecule has 1 rings (SSSR count). The highest BCUT2D eigenvalue weighted by Crippen LogP contribution is 2.24. The van der Waals surface area contributed by atoms with Crippen molar-refractivity contribution in [3.63, 3.8) is 0 Å². The number of rotatable bonds is 4. The first-order chi connectivity index (χ1) is 8.97. The Bertz CT molecular complexity index is 509. The third kappa shape index (κ3) is 3.91. The molecule has 0 fully saturated rings. The second-order valence-corrected chi connectivity index (χ2v) is 4.09. The first-order valence-corrected chi connectivity index (χ1v) is 6.02. The minimum absolute atomic E-state index is 0.176. The number of esters is 1. The fourth-order valence-corrected chi connectivity index (χ4v) is 1.52. The van der Waals surface area contributed by atoms with Gasteiger partial charge < -0.3 is 9.84 Å². The van der Waals surface area contributed by atoms with E-state index in [0.717, 1.165) is 11.1 Å². The molecule has 0 aliphatic heterocycles. The first kappa shape index (κ1) is 14.9. The second kappa shape index (κ2) is 6.68. The summed E-state index contributed by atoms with van der Waals surface area (Å²) in [4.78, 5) is 11.6. The van der Waals surface area contributed by atoms with E-state index >= 15 is 0 Å². The number of hydrogen-bond donors (Lipinski definition) is 1. The van der Waals surface area contributed by atoms with Crippen molar-refractivity contribution >= 4 is 11.7 Å². The molecule has 0 aromatic heterocycles. The van der Waals surface area contributed by atoms with Crippen molar-refractivity contribution < 1.29 is 14.6 Å². The first-order valence-electron chi connectivity index (χ1n) is 6.02. The number of aliphatic hydroxyl groups is 1. The van der Waals surface area contributed by atoms with Crippen LogP contribution in [0.4, 0.5) is 5.69 Å². The lowest BCUT2D eigenvalue weighted by molar-refractivity contribution is -0.138. The van der Waals surface area contributed by atoms with Crippen LogP contribution in [0.1, 0.15) is 25.0 Å². The smallest absolute Gasteiger partial charge is 0.362 e. The van der Waals surface area contributed by atoms with Gasteiger partial charge >= 0.3 is 5.97 Å². The molecule has 19 heavy (non-hydrogen) atoms. The zero-order valence-electron chi connectivity index (χ0n) is 11.6. The third-order valence-electron chi connectivity index (χ3n) is 2.50. The predicted octanol–water partition coefficient (Wildman–Crippen LogP) is 3.74. The van der Waals surface area contributed by atoms with Gasteiger partial charge in [0, 0.05) is 0 Å². The van der Waals surface area contributed by atoms with Crippen LogP contribution < -0.4 is 0 Å². The number of carbonyl (C=O) groups is 1. The van der Waals surface area contributed by atoms with Gasteiger partial charge in [0.2, 0.25) is 5.70 Å². The average molecular weight is 262 g/mol. The number of hydrogen-bond acceptors (Lipinski definition) is 5. The van der Waals surface area contributed by atoms with Gasteiger partial charge in [0.25, 0.3) is 0 Å². The van der Waals surface area contributed by atoms with Crippen LogP contribution in [-0.2, 0) is 9.53 Å². The summed E-state index contributed by atoms with van der Waals surface area (Å²) < 4.78 is 4.80. The van der Waals surface area contributed by atoms with Gasteiger partial charge in [0.05, 0.1) is 12.3 Å². The molecule has 0 aliphatic carbocycles. The molecule has 1 aromatic carbocycles. The number of aliphatic hydroxyl groups excluding tert-OH is 1. The number of azo groups is 1. The molecule has 5 nitrogen and oxygen atoms in total. The van der Waals surface area contributed by atoms with E-state index in [1.54, 1.807) is 6.92 Å². The molecule has 0 radical (unpaired) electrons. The Hall–Kier alpha value is -2.17. The normalized spacial score (nSPS) is 12.4. The van der Waals surface area contributed by atoms with Gasteiger partial charge in [0.15, 0.2) is 0 Å². The van der Waals surface area contributed by atoms with Crippen LogP contribution in [0.2, 0.25) is 0 Å². The minimum atomic E-state index is -0.683. The lowest BCUT2D eigenvalue weighted by Crippen LogP contribution is -2.07. The van der Waals surface area contributed by atoms with Crippen molar-refractivity contribution in [2.75, 3.05) is 6.61 Å². The third-order valence-corrected chi connectivity index (χ3v) is 2.50. The van der Waals surface area contributed by atoms with Crippen molar-refractivity contribution in [2.24, 2.45) is 10.2 Å². The number of benzene rings is 1. The number of ether oxygens (including phenoxy) is 1. The Kier molecular flexibility index (Phi) is 5.23. The predicted molar refractivity (Wildman–Crippen MR) is 72.4 cm³/mol. The Morgan fingerprint density at radius 2 is 1.89 bits per heavy atom. The van der Waals surface area contributed by atoms with Gasteiger partial charge in [-0.3, -0.25) is 0 Å². The van der Waals surface area contributed by atoms with Crippen LogP contribution in [0.25, 0.3) is 0 Å². The van der Waals surface area contributed by atoms with Crippen molar-refractivity contribution in [1.82, 2.24) is 0 Å². The summed E-state index contributed by atoms with van der Waals surface area (Å²) in [5.41, 5.74) is 2.40. The molecule has 5 heteroatoms. The van der Waals surface area contributed by atoms with E-state index in [1.807, 2.05) is 32.0 Å². The molecule has 0 saturated carbocycles. The maximum Gasteiger partial charge on any atom is 0.362 e. The molecular weight excluding hydrogens is 244 g/mol. The van der Waals surface area contributed by atoms with Crippen LogP contribution in [-0.4, -0.2) is 17.7 Å². The molecule has 0 unspecified atom stereocenters. The largest absolute Gasteiger partial charge is 0.510 e. The summed E-state index contributed by atoms with van der Waals surface area (Å²) in [5, 5.41) is 17.3. The fraction of sp³-hybridized carbons (Fsp3) is 0.357. The number of aryl methyl sites for hydroxylation is 2. The summed E-state index contributed by atoms with van der Waals surface area (Å²) in [5.74, 6) is -0.897. The highest BCUT2D eigenvalue weighted by Gasteiger charge is 2.14. The fourth-order valence-electron chi connectivity index (χ4n) is 1.52. The molecule has 102 valence electrons. The summed E-state index contributed by atoms with van der Waals surface area (Å²) in [6, 6.07) is 5.73. The summed E-state index contributed by atoms with van der Waals surface area (Å²) >= 11 is 0. The van der Waals surface area contributed by atoms with Crippen molar-refractivity contribution in [2.45, 2.75) is 27.7 Å². The van der Waals surface area contributed by atoms with Crippen molar-refractivity contribution in [3.05, 3.63) is 40.8 Å². The van der Waals surface area contributed by atoms with Gasteiger partial charge in [-0.15, -0.1) is 10.2 Å². The molecule has 0 bridgehead atoms. The monoisotopic (exact) mass is 262 g/mol. The number of carbonyl (C=O) groups excluding carboxylic acids is 1. The van der Waals surface area contributed by atoms with Gasteiger partial charge in [-0.05, 0) is 38.8 Å². The SMILES string of the molecule is CCOC(=O)/C(N=Nc1c(C)cccc1C)=C(\C)O. The average Bonchev–Trinajstić information content (AvgIpc) is 2.32. The summed E-state index contributed by atoms with van der Waals surface area (Å²) in [7, 11) is 0. The quantitative estimate of drug-likeness (QED) is 0.389. The minimum Gasteiger partial charge on any atom is -0.510 e. The van der Waals surface area contributed by atoms with E-state index in [9.17, 15) is 9.90 Å². The number of allylic oxidation sites excluding steroid dienone is 1. The summed E-state index contributed by atoms with van der Waals surface area (Å²) in [6.45, 7) is 7.08. The molecule has 1 aromatic rings. The molecule has 0 atom stereocenters. The Morgan fingerprint density at radius 3 is 2.37 bits per heavy atom. The Balaban J connectivity index is 3.08. The van der Waals surface area contributed by atoms with Crippen LogP contribution >= 0.6 is 0 Å². The zero-order valence-corrected chi connectivity index (χ0v) is 11.6. The van der Waals surface area contributed by atoms with E-state index in [4.69, 9.17) is 4.74 Å². The van der Waals surface area contributed by atoms with Crippen LogP contribution in [0.3, 0.4) is 0 Å². The van der Waals surface area contributed by atoms with Gasteiger partial charge in [-0.2, -0.15) is 0 Å². The second-order valence-electron chi connectivity index (χ2n) is 4.09. The highest BCUT2D eigenvalue weighted by atomic mass is 16.5. The van der Waals surface area contributed by atoms with Gasteiger partial charge in [0.1, 0.15) is 5.76 Å². The molecular formula is C14H18N2O3. The molecule has 0 heterocycles. The van der Waals surface area contributed by atoms with Crippen molar-refractivity contribution in [3.8, 4) is 0 Å². The standard InChI is InChI=1S/C14H18N2O3/c1-5-19-14(18)13(11(4)17)16-15-12-9(2)7-6-8-10(12)3/h6-8,17H,5H2,1-4H3/b13-11-,16-15?. The van der Waals surface area contributed by atoms with Crippen molar-refractivity contribution in [1.29, 1.82) is 0 Å². The zero-order chi connectivity index (χ0) is 14.4. The number of nitrogens with zero attached hydrogens (tertiary/aromatic N) is 2.